The van der Waals surface area contributed by atoms with Crippen molar-refractivity contribution in [2.45, 2.75) is 19.3 Å². The molecule has 20 heavy (non-hydrogen) atoms. The number of aliphatic hydroxyl groups excluding tert-OH is 1. The van der Waals surface area contributed by atoms with Crippen molar-refractivity contribution >= 4 is 11.6 Å². The number of aliphatic hydroxyl groups is 1. The second-order valence-corrected chi connectivity index (χ2v) is 5.27. The third kappa shape index (κ3) is 3.04. The Morgan fingerprint density at radius 2 is 2.20 bits per heavy atom. The van der Waals surface area contributed by atoms with Crippen LogP contribution < -0.4 is 15.8 Å². The van der Waals surface area contributed by atoms with Gasteiger partial charge < -0.3 is 20.9 Å². The Morgan fingerprint density at radius 3 is 2.90 bits per heavy atom. The number of methoxy groups -OCH3 is 1. The summed E-state index contributed by atoms with van der Waals surface area (Å²) in [4.78, 5) is 12.2. The summed E-state index contributed by atoms with van der Waals surface area (Å²) in [6.07, 6.45) is 3.21. The molecule has 0 bridgehead atoms. The molecule has 1 amide bonds. The van der Waals surface area contributed by atoms with Crippen molar-refractivity contribution in [1.82, 2.24) is 5.32 Å². The van der Waals surface area contributed by atoms with E-state index in [1.165, 1.54) is 7.11 Å². The van der Waals surface area contributed by atoms with E-state index < -0.39 is 0 Å². The van der Waals surface area contributed by atoms with Crippen LogP contribution in [0.2, 0.25) is 0 Å². The van der Waals surface area contributed by atoms with Crippen molar-refractivity contribution in [2.24, 2.45) is 11.8 Å². The van der Waals surface area contributed by atoms with E-state index in [1.807, 2.05) is 0 Å². The number of anilines is 1. The highest BCUT2D eigenvalue weighted by Crippen LogP contribution is 2.31. The number of ether oxygens (including phenoxy) is 1. The number of para-hydroxylation sites is 1. The Bertz CT molecular complexity index is 476. The van der Waals surface area contributed by atoms with Crippen LogP contribution in [0.4, 0.5) is 5.69 Å². The first-order valence-corrected chi connectivity index (χ1v) is 6.99. The Kier molecular flexibility index (Phi) is 4.84. The molecule has 1 fully saturated rings. The minimum Gasteiger partial charge on any atom is -0.494 e. The number of carbonyl (C=O) groups is 1. The molecule has 0 saturated heterocycles. The lowest BCUT2D eigenvalue weighted by atomic mass is 9.97. The summed E-state index contributed by atoms with van der Waals surface area (Å²) in [6, 6.07) is 5.13. The summed E-state index contributed by atoms with van der Waals surface area (Å²) < 4.78 is 5.19. The number of benzene rings is 1. The molecule has 4 N–H and O–H groups in total. The summed E-state index contributed by atoms with van der Waals surface area (Å²) in [5.41, 5.74) is 6.70. The minimum atomic E-state index is -0.183. The minimum absolute atomic E-state index is 0.183. The number of nitrogens with one attached hydrogen (secondary N) is 1. The van der Waals surface area contributed by atoms with Crippen molar-refractivity contribution < 1.29 is 14.6 Å². The number of hydrogen-bond donors (Lipinski definition) is 3. The van der Waals surface area contributed by atoms with Gasteiger partial charge in [0.05, 0.1) is 18.4 Å². The third-order valence-corrected chi connectivity index (χ3v) is 4.07. The van der Waals surface area contributed by atoms with Gasteiger partial charge in [0.25, 0.3) is 5.91 Å². The standard InChI is InChI=1S/C15H22N2O3/c1-20-14-12(6-3-7-13(14)16)15(19)17-8-10-4-2-5-11(10)9-18/h3,6-7,10-11,18H,2,4-5,8-9,16H2,1H3,(H,17,19). The Hall–Kier alpha value is -1.75. The van der Waals surface area contributed by atoms with Crippen molar-refractivity contribution in [3.05, 3.63) is 23.8 Å². The van der Waals surface area contributed by atoms with Crippen LogP contribution in [-0.2, 0) is 0 Å². The van der Waals surface area contributed by atoms with Crippen LogP contribution in [0.3, 0.4) is 0 Å². The quantitative estimate of drug-likeness (QED) is 0.711. The van der Waals surface area contributed by atoms with E-state index in [9.17, 15) is 9.90 Å². The van der Waals surface area contributed by atoms with Gasteiger partial charge in [-0.05, 0) is 36.8 Å². The molecule has 0 aliphatic heterocycles. The summed E-state index contributed by atoms with van der Waals surface area (Å²) in [6.45, 7) is 0.782. The molecular weight excluding hydrogens is 256 g/mol. The maximum absolute atomic E-state index is 12.2. The molecule has 0 heterocycles. The van der Waals surface area contributed by atoms with Crippen LogP contribution in [0, 0.1) is 11.8 Å². The molecule has 0 aromatic heterocycles. The molecule has 2 atom stereocenters. The van der Waals surface area contributed by atoms with Gasteiger partial charge in [-0.2, -0.15) is 0 Å². The zero-order chi connectivity index (χ0) is 14.5. The predicted molar refractivity (Wildman–Crippen MR) is 77.7 cm³/mol. The first-order chi connectivity index (χ1) is 9.67. The van der Waals surface area contributed by atoms with E-state index >= 15 is 0 Å². The molecule has 1 aromatic carbocycles. The van der Waals surface area contributed by atoms with Gasteiger partial charge in [0.1, 0.15) is 0 Å². The molecule has 1 saturated carbocycles. The maximum Gasteiger partial charge on any atom is 0.255 e. The van der Waals surface area contributed by atoms with Gasteiger partial charge in [-0.3, -0.25) is 4.79 Å². The fraction of sp³-hybridized carbons (Fsp3) is 0.533. The molecule has 110 valence electrons. The SMILES string of the molecule is COc1c(N)cccc1C(=O)NCC1CCCC1CO. The monoisotopic (exact) mass is 278 g/mol. The number of hydrogen-bond acceptors (Lipinski definition) is 4. The predicted octanol–water partition coefficient (Wildman–Crippen LogP) is 1.42. The zero-order valence-electron chi connectivity index (χ0n) is 11.8. The number of carbonyl (C=O) groups excluding carboxylic acids is 1. The molecular formula is C15H22N2O3. The van der Waals surface area contributed by atoms with Gasteiger partial charge in [-0.15, -0.1) is 0 Å². The Labute approximate surface area is 119 Å². The van der Waals surface area contributed by atoms with E-state index in [4.69, 9.17) is 10.5 Å². The highest BCUT2D eigenvalue weighted by atomic mass is 16.5. The largest absolute Gasteiger partial charge is 0.494 e. The van der Waals surface area contributed by atoms with Gasteiger partial charge in [0, 0.05) is 13.2 Å². The molecule has 1 aliphatic carbocycles. The van der Waals surface area contributed by atoms with Gasteiger partial charge in [-0.1, -0.05) is 12.5 Å². The van der Waals surface area contributed by atoms with Crippen molar-refractivity contribution in [2.75, 3.05) is 26.0 Å². The van der Waals surface area contributed by atoms with Crippen LogP contribution in [0.25, 0.3) is 0 Å². The Morgan fingerprint density at radius 1 is 1.45 bits per heavy atom. The topological polar surface area (TPSA) is 84.6 Å². The highest BCUT2D eigenvalue weighted by Gasteiger charge is 2.27. The molecule has 5 nitrogen and oxygen atoms in total. The van der Waals surface area contributed by atoms with E-state index in [0.717, 1.165) is 19.3 Å². The Balaban J connectivity index is 2.00. The van der Waals surface area contributed by atoms with Crippen LogP contribution in [0.1, 0.15) is 29.6 Å². The van der Waals surface area contributed by atoms with E-state index in [-0.39, 0.29) is 12.5 Å². The van der Waals surface area contributed by atoms with Gasteiger partial charge >= 0.3 is 0 Å². The van der Waals surface area contributed by atoms with E-state index in [1.54, 1.807) is 18.2 Å². The van der Waals surface area contributed by atoms with E-state index in [0.29, 0.717) is 35.4 Å². The molecule has 5 heteroatoms. The van der Waals surface area contributed by atoms with E-state index in [2.05, 4.69) is 5.32 Å². The summed E-state index contributed by atoms with van der Waals surface area (Å²) in [5.74, 6) is 0.891. The summed E-state index contributed by atoms with van der Waals surface area (Å²) in [7, 11) is 1.50. The highest BCUT2D eigenvalue weighted by molar-refractivity contribution is 5.98. The van der Waals surface area contributed by atoms with Gasteiger partial charge in [-0.25, -0.2) is 0 Å². The number of amides is 1. The van der Waals surface area contributed by atoms with Gasteiger partial charge in [0.15, 0.2) is 5.75 Å². The van der Waals surface area contributed by atoms with Crippen molar-refractivity contribution in [3.63, 3.8) is 0 Å². The van der Waals surface area contributed by atoms with Crippen molar-refractivity contribution in [1.29, 1.82) is 0 Å². The summed E-state index contributed by atoms with van der Waals surface area (Å²) >= 11 is 0. The number of nitrogen functional groups attached to an aromatic ring is 1. The summed E-state index contributed by atoms with van der Waals surface area (Å²) in [5, 5.41) is 12.2. The normalized spacial score (nSPS) is 21.7. The second-order valence-electron chi connectivity index (χ2n) is 5.27. The lowest BCUT2D eigenvalue weighted by Gasteiger charge is -2.18. The fourth-order valence-electron chi connectivity index (χ4n) is 2.90. The number of nitrogens with two attached hydrogens (primary N) is 1. The molecule has 1 aromatic rings. The second kappa shape index (κ2) is 6.61. The first-order valence-electron chi connectivity index (χ1n) is 6.99. The molecule has 1 aliphatic rings. The molecule has 0 radical (unpaired) electrons. The molecule has 2 rings (SSSR count). The van der Waals surface area contributed by atoms with Crippen LogP contribution >= 0.6 is 0 Å². The lowest BCUT2D eigenvalue weighted by Crippen LogP contribution is -2.32. The number of rotatable bonds is 5. The average Bonchev–Trinajstić information content (AvgIpc) is 2.91. The lowest BCUT2D eigenvalue weighted by molar-refractivity contribution is 0.0935. The third-order valence-electron chi connectivity index (χ3n) is 4.07. The van der Waals surface area contributed by atoms with Crippen LogP contribution in [-0.4, -0.2) is 31.3 Å². The molecule has 2 unspecified atom stereocenters. The average molecular weight is 278 g/mol. The fourth-order valence-corrected chi connectivity index (χ4v) is 2.90. The maximum atomic E-state index is 12.2. The first kappa shape index (κ1) is 14.7. The molecule has 0 spiro atoms. The smallest absolute Gasteiger partial charge is 0.255 e. The van der Waals surface area contributed by atoms with Crippen LogP contribution in [0.15, 0.2) is 18.2 Å². The van der Waals surface area contributed by atoms with Gasteiger partial charge in [0.2, 0.25) is 0 Å². The van der Waals surface area contributed by atoms with Crippen LogP contribution in [0.5, 0.6) is 5.75 Å². The van der Waals surface area contributed by atoms with Crippen molar-refractivity contribution in [3.8, 4) is 5.75 Å². The zero-order valence-corrected chi connectivity index (χ0v) is 11.8.